The zero-order chi connectivity index (χ0) is 17.1. The molecule has 0 spiro atoms. The lowest BCUT2D eigenvalue weighted by molar-refractivity contribution is -0.398. The molecule has 1 unspecified atom stereocenters. The number of benzene rings is 1. The molecule has 0 radical (unpaired) electrons. The number of methoxy groups -OCH3 is 2. The first kappa shape index (κ1) is 19.1. The van der Waals surface area contributed by atoms with Gasteiger partial charge < -0.3 is 14.6 Å². The van der Waals surface area contributed by atoms with Crippen molar-refractivity contribution in [3.8, 4) is 11.5 Å². The Morgan fingerprint density at radius 1 is 0.864 bits per heavy atom. The van der Waals surface area contributed by atoms with Crippen LogP contribution >= 0.6 is 7.71 Å². The normalized spacial score (nSPS) is 13.8. The van der Waals surface area contributed by atoms with Crippen LogP contribution < -0.4 is 14.6 Å². The summed E-state index contributed by atoms with van der Waals surface area (Å²) >= 11 is 0. The van der Waals surface area contributed by atoms with Gasteiger partial charge in [0.15, 0.2) is 11.5 Å². The van der Waals surface area contributed by atoms with Gasteiger partial charge in [-0.05, 0) is 17.7 Å². The van der Waals surface area contributed by atoms with E-state index in [9.17, 15) is 5.11 Å². The van der Waals surface area contributed by atoms with E-state index < -0.39 is 13.6 Å². The van der Waals surface area contributed by atoms with E-state index in [0.717, 1.165) is 0 Å². The number of ether oxygens (including phenoxy) is 2. The lowest BCUT2D eigenvalue weighted by Crippen LogP contribution is -2.43. The number of hydrogen-bond donors (Lipinski definition) is 0. The summed E-state index contributed by atoms with van der Waals surface area (Å²) in [6, 6.07) is 5.39. The van der Waals surface area contributed by atoms with E-state index in [-0.39, 0.29) is 0 Å². The van der Waals surface area contributed by atoms with Crippen LogP contribution in [0.2, 0.25) is 0 Å². The topological polar surface area (TPSA) is 51.2 Å². The molecule has 126 valence electrons. The van der Waals surface area contributed by atoms with E-state index >= 15 is 0 Å². The maximum Gasteiger partial charge on any atom is 0.217 e. The second kappa shape index (κ2) is 7.57. The minimum atomic E-state index is -2.23. The van der Waals surface area contributed by atoms with Crippen LogP contribution in [0.25, 0.3) is 0 Å². The van der Waals surface area contributed by atoms with Gasteiger partial charge in [0, 0.05) is 42.3 Å². The van der Waals surface area contributed by atoms with Gasteiger partial charge in [-0.3, -0.25) is 0 Å². The Bertz CT molecular complexity index is 473. The Balaban J connectivity index is 3.39. The first-order valence-corrected chi connectivity index (χ1v) is 8.75. The predicted octanol–water partition coefficient (Wildman–Crippen LogP) is 1.51. The van der Waals surface area contributed by atoms with E-state index in [1.807, 2.05) is 62.4 Å². The average molecular weight is 329 g/mol. The van der Waals surface area contributed by atoms with Gasteiger partial charge in [0.2, 0.25) is 7.71 Å². The number of nitrogens with zero attached hydrogens (tertiary/aromatic N) is 3. The van der Waals surface area contributed by atoms with Gasteiger partial charge in [0.25, 0.3) is 0 Å². The molecule has 7 heteroatoms. The van der Waals surface area contributed by atoms with Crippen LogP contribution in [0.1, 0.15) is 11.4 Å². The second-order valence-corrected chi connectivity index (χ2v) is 9.72. The van der Waals surface area contributed by atoms with Crippen molar-refractivity contribution in [1.29, 1.82) is 0 Å². The predicted molar refractivity (Wildman–Crippen MR) is 90.3 cm³/mol. The molecule has 0 aromatic heterocycles. The van der Waals surface area contributed by atoms with Crippen LogP contribution in [0.15, 0.2) is 18.2 Å². The third kappa shape index (κ3) is 3.21. The molecule has 0 aliphatic heterocycles. The average Bonchev–Trinajstić information content (AvgIpc) is 2.45. The molecule has 1 rings (SSSR count). The molecule has 0 N–H and O–H groups in total. The van der Waals surface area contributed by atoms with Crippen molar-refractivity contribution in [3.05, 3.63) is 23.8 Å². The summed E-state index contributed by atoms with van der Waals surface area (Å²) in [6.07, 6.45) is 0. The largest absolute Gasteiger partial charge is 0.814 e. The number of rotatable bonds is 7. The zero-order valence-electron chi connectivity index (χ0n) is 14.8. The fourth-order valence-corrected chi connectivity index (χ4v) is 6.87. The van der Waals surface area contributed by atoms with Crippen molar-refractivity contribution in [2.45, 2.75) is 5.85 Å². The SMILES string of the molecule is COc1ccc(C([O-])[P+](N(C)C)(N(C)C)N(C)C)cc1OC. The zero-order valence-corrected chi connectivity index (χ0v) is 15.7. The summed E-state index contributed by atoms with van der Waals surface area (Å²) < 4.78 is 16.7. The lowest BCUT2D eigenvalue weighted by atomic mass is 10.2. The van der Waals surface area contributed by atoms with Gasteiger partial charge in [0.1, 0.15) is 0 Å². The fraction of sp³-hybridized carbons (Fsp3) is 0.600. The van der Waals surface area contributed by atoms with Crippen LogP contribution in [0, 0.1) is 0 Å². The molecule has 1 aromatic rings. The molecule has 0 saturated carbocycles. The highest BCUT2D eigenvalue weighted by Gasteiger charge is 2.50. The molecule has 22 heavy (non-hydrogen) atoms. The molecule has 0 aliphatic rings. The summed E-state index contributed by atoms with van der Waals surface area (Å²) in [4.78, 5) is 0. The van der Waals surface area contributed by atoms with E-state index in [1.165, 1.54) is 0 Å². The van der Waals surface area contributed by atoms with Crippen molar-refractivity contribution in [1.82, 2.24) is 14.0 Å². The van der Waals surface area contributed by atoms with Crippen molar-refractivity contribution in [2.75, 3.05) is 56.5 Å². The Kier molecular flexibility index (Phi) is 6.59. The molecule has 0 heterocycles. The molecule has 1 aromatic carbocycles. The molecule has 0 saturated heterocycles. The van der Waals surface area contributed by atoms with Crippen LogP contribution in [0.4, 0.5) is 0 Å². The Morgan fingerprint density at radius 3 is 1.68 bits per heavy atom. The maximum absolute atomic E-state index is 13.4. The standard InChI is InChI=1S/C15H28N3O3P/c1-16(2)22(17(3)4,18(5)6)15(19)12-9-10-13(20-7)14(11-12)21-8/h9-11,15H,1-8H3. The van der Waals surface area contributed by atoms with Crippen molar-refractivity contribution >= 4 is 7.71 Å². The molecular formula is C15H28N3O3P. The summed E-state index contributed by atoms with van der Waals surface area (Å²) in [5, 5.41) is 13.4. The highest BCUT2D eigenvalue weighted by atomic mass is 31.2. The summed E-state index contributed by atoms with van der Waals surface area (Å²) in [5.41, 5.74) is 0.696. The molecule has 0 amide bonds. The monoisotopic (exact) mass is 329 g/mol. The van der Waals surface area contributed by atoms with E-state index in [1.54, 1.807) is 26.4 Å². The van der Waals surface area contributed by atoms with Gasteiger partial charge in [-0.15, -0.1) is 0 Å². The fourth-order valence-electron chi connectivity index (χ4n) is 2.91. The Hall–Kier alpha value is -0.910. The minimum absolute atomic E-state index is 0.579. The second-order valence-electron chi connectivity index (χ2n) is 5.62. The Morgan fingerprint density at radius 2 is 1.32 bits per heavy atom. The van der Waals surface area contributed by atoms with Crippen LogP contribution in [0.3, 0.4) is 0 Å². The molecule has 0 aliphatic carbocycles. The number of hydrogen-bond acceptors (Lipinski definition) is 6. The third-order valence-corrected chi connectivity index (χ3v) is 8.23. The highest BCUT2D eigenvalue weighted by molar-refractivity contribution is 7.69. The Labute approximate surface area is 134 Å². The first-order chi connectivity index (χ1) is 10.2. The molecule has 0 fully saturated rings. The van der Waals surface area contributed by atoms with Gasteiger partial charge in [-0.25, -0.2) is 0 Å². The van der Waals surface area contributed by atoms with Crippen LogP contribution in [-0.2, 0) is 0 Å². The van der Waals surface area contributed by atoms with Gasteiger partial charge in [-0.1, -0.05) is 6.07 Å². The maximum atomic E-state index is 13.4. The quantitative estimate of drug-likeness (QED) is 0.707. The van der Waals surface area contributed by atoms with Gasteiger partial charge >= 0.3 is 0 Å². The van der Waals surface area contributed by atoms with E-state index in [4.69, 9.17) is 9.47 Å². The van der Waals surface area contributed by atoms with E-state index in [0.29, 0.717) is 17.1 Å². The molecule has 0 bridgehead atoms. The molecule has 1 atom stereocenters. The van der Waals surface area contributed by atoms with Crippen LogP contribution in [-0.4, -0.2) is 70.5 Å². The molecular weight excluding hydrogens is 301 g/mol. The summed E-state index contributed by atoms with van der Waals surface area (Å²) in [6.45, 7) is 0. The van der Waals surface area contributed by atoms with Crippen molar-refractivity contribution in [3.63, 3.8) is 0 Å². The smallest absolute Gasteiger partial charge is 0.217 e. The van der Waals surface area contributed by atoms with Crippen molar-refractivity contribution < 1.29 is 14.6 Å². The van der Waals surface area contributed by atoms with Crippen molar-refractivity contribution in [2.24, 2.45) is 0 Å². The summed E-state index contributed by atoms with van der Waals surface area (Å²) in [5.74, 6) is 0.296. The minimum Gasteiger partial charge on any atom is -0.814 e. The molecule has 6 nitrogen and oxygen atoms in total. The van der Waals surface area contributed by atoms with E-state index in [2.05, 4.69) is 0 Å². The summed E-state index contributed by atoms with van der Waals surface area (Å²) in [7, 11) is 12.7. The lowest BCUT2D eigenvalue weighted by Gasteiger charge is -2.47. The third-order valence-electron chi connectivity index (χ3n) is 3.77. The highest BCUT2D eigenvalue weighted by Crippen LogP contribution is 2.71. The first-order valence-electron chi connectivity index (χ1n) is 7.03. The van der Waals surface area contributed by atoms with Crippen LogP contribution in [0.5, 0.6) is 11.5 Å². The van der Waals surface area contributed by atoms with Gasteiger partial charge in [-0.2, -0.15) is 14.0 Å². The van der Waals surface area contributed by atoms with Gasteiger partial charge in [0.05, 0.1) is 20.1 Å².